The first-order chi connectivity index (χ1) is 13.0. The van der Waals surface area contributed by atoms with Crippen molar-refractivity contribution in [2.75, 3.05) is 11.9 Å². The van der Waals surface area contributed by atoms with E-state index >= 15 is 0 Å². The third-order valence-corrected chi connectivity index (χ3v) is 5.36. The number of benzene rings is 1. The van der Waals surface area contributed by atoms with Crippen molar-refractivity contribution in [3.05, 3.63) is 52.5 Å². The summed E-state index contributed by atoms with van der Waals surface area (Å²) in [5, 5.41) is 8.33. The Balaban J connectivity index is 1.56. The summed E-state index contributed by atoms with van der Waals surface area (Å²) in [4.78, 5) is 24.6. The second-order valence-electron chi connectivity index (χ2n) is 6.02. The molecular weight excluding hydrogens is 386 g/mol. The Morgan fingerprint density at radius 1 is 1.33 bits per heavy atom. The number of aromatic nitrogens is 2. The quantitative estimate of drug-likeness (QED) is 0.484. The zero-order valence-electron chi connectivity index (χ0n) is 14.8. The molecule has 3 aromatic rings. The Morgan fingerprint density at radius 2 is 2.11 bits per heavy atom. The third kappa shape index (κ3) is 4.56. The van der Waals surface area contributed by atoms with Crippen LogP contribution in [0.4, 0.5) is 5.82 Å². The van der Waals surface area contributed by atoms with Gasteiger partial charge in [-0.2, -0.15) is 5.10 Å². The van der Waals surface area contributed by atoms with E-state index in [-0.39, 0.29) is 12.6 Å². The molecular formula is C19H18ClN3O3S. The van der Waals surface area contributed by atoms with Gasteiger partial charge in [0.15, 0.2) is 6.61 Å². The van der Waals surface area contributed by atoms with E-state index in [4.69, 9.17) is 16.3 Å². The van der Waals surface area contributed by atoms with Gasteiger partial charge in [-0.25, -0.2) is 9.48 Å². The zero-order chi connectivity index (χ0) is 19.4. The molecule has 2 aromatic heterocycles. The van der Waals surface area contributed by atoms with Gasteiger partial charge < -0.3 is 10.1 Å². The Hall–Kier alpha value is -2.64. The van der Waals surface area contributed by atoms with Crippen molar-refractivity contribution in [3.63, 3.8) is 0 Å². The van der Waals surface area contributed by atoms with Crippen LogP contribution in [0.1, 0.15) is 24.8 Å². The van der Waals surface area contributed by atoms with Crippen LogP contribution in [-0.4, -0.2) is 28.3 Å². The normalized spacial score (nSPS) is 11.4. The molecule has 2 heterocycles. The van der Waals surface area contributed by atoms with Gasteiger partial charge in [-0.3, -0.25) is 4.79 Å². The summed E-state index contributed by atoms with van der Waals surface area (Å²) >= 11 is 7.80. The van der Waals surface area contributed by atoms with Crippen molar-refractivity contribution in [3.8, 4) is 0 Å². The minimum atomic E-state index is -0.615. The average molecular weight is 404 g/mol. The molecule has 0 saturated carbocycles. The first-order valence-electron chi connectivity index (χ1n) is 8.31. The first kappa shape index (κ1) is 19.1. The molecule has 0 bridgehead atoms. The molecule has 0 fully saturated rings. The fraction of sp³-hybridized carbons (Fsp3) is 0.211. The maximum absolute atomic E-state index is 12.0. The molecule has 0 aliphatic rings. The molecule has 27 heavy (non-hydrogen) atoms. The van der Waals surface area contributed by atoms with Gasteiger partial charge in [-0.05, 0) is 26.0 Å². The van der Waals surface area contributed by atoms with E-state index in [1.807, 2.05) is 38.1 Å². The van der Waals surface area contributed by atoms with Gasteiger partial charge in [0.2, 0.25) is 0 Å². The van der Waals surface area contributed by atoms with Gasteiger partial charge in [0.05, 0.1) is 11.2 Å². The lowest BCUT2D eigenvalue weighted by molar-refractivity contribution is -0.142. The second-order valence-corrected chi connectivity index (χ2v) is 7.48. The van der Waals surface area contributed by atoms with E-state index in [0.29, 0.717) is 10.8 Å². The molecule has 1 amide bonds. The first-order valence-corrected chi connectivity index (χ1v) is 9.50. The van der Waals surface area contributed by atoms with Crippen LogP contribution < -0.4 is 5.32 Å². The summed E-state index contributed by atoms with van der Waals surface area (Å²) in [5.41, 5.74) is 0. The van der Waals surface area contributed by atoms with Crippen molar-refractivity contribution in [1.82, 2.24) is 9.78 Å². The minimum absolute atomic E-state index is 0.104. The van der Waals surface area contributed by atoms with E-state index in [0.717, 1.165) is 15.0 Å². The summed E-state index contributed by atoms with van der Waals surface area (Å²) in [6, 6.07) is 9.52. The second kappa shape index (κ2) is 8.37. The SMILES string of the molecule is CC(C)n1nccc1NC(=O)COC(=O)/C=C/c1sc2ccccc2c1Cl. The predicted octanol–water partition coefficient (Wildman–Crippen LogP) is 4.53. The number of carbonyl (C=O) groups excluding carboxylic acids is 2. The van der Waals surface area contributed by atoms with Crippen LogP contribution in [0.2, 0.25) is 5.02 Å². The summed E-state index contributed by atoms with van der Waals surface area (Å²) < 4.78 is 7.69. The highest BCUT2D eigenvalue weighted by Crippen LogP contribution is 2.35. The van der Waals surface area contributed by atoms with Crippen molar-refractivity contribution in [2.45, 2.75) is 19.9 Å². The number of hydrogen-bond donors (Lipinski definition) is 1. The summed E-state index contributed by atoms with van der Waals surface area (Å²) in [6.45, 7) is 3.52. The van der Waals surface area contributed by atoms with Gasteiger partial charge in [0.25, 0.3) is 5.91 Å². The lowest BCUT2D eigenvalue weighted by Crippen LogP contribution is -2.22. The number of fused-ring (bicyclic) bond motifs is 1. The number of nitrogens with one attached hydrogen (secondary N) is 1. The van der Waals surface area contributed by atoms with Gasteiger partial charge in [0.1, 0.15) is 5.82 Å². The number of halogens is 1. The van der Waals surface area contributed by atoms with E-state index in [1.54, 1.807) is 23.0 Å². The monoisotopic (exact) mass is 403 g/mol. The number of anilines is 1. The van der Waals surface area contributed by atoms with Crippen LogP contribution in [0, 0.1) is 0 Å². The lowest BCUT2D eigenvalue weighted by atomic mass is 10.2. The molecule has 0 spiro atoms. The number of amides is 1. The van der Waals surface area contributed by atoms with Crippen LogP contribution in [0.3, 0.4) is 0 Å². The summed E-state index contributed by atoms with van der Waals surface area (Å²) in [6.07, 6.45) is 4.46. The van der Waals surface area contributed by atoms with Crippen LogP contribution in [0.15, 0.2) is 42.6 Å². The summed E-state index contributed by atoms with van der Waals surface area (Å²) in [5.74, 6) is -0.492. The van der Waals surface area contributed by atoms with E-state index < -0.39 is 11.9 Å². The topological polar surface area (TPSA) is 73.2 Å². The van der Waals surface area contributed by atoms with Crippen LogP contribution in [0.5, 0.6) is 0 Å². The Kier molecular flexibility index (Phi) is 5.93. The molecule has 3 rings (SSSR count). The highest BCUT2D eigenvalue weighted by atomic mass is 35.5. The van der Waals surface area contributed by atoms with Crippen molar-refractivity contribution in [1.29, 1.82) is 0 Å². The molecule has 1 aromatic carbocycles. The van der Waals surface area contributed by atoms with Gasteiger partial charge in [-0.15, -0.1) is 11.3 Å². The zero-order valence-corrected chi connectivity index (χ0v) is 16.4. The fourth-order valence-corrected chi connectivity index (χ4v) is 3.87. The van der Waals surface area contributed by atoms with Crippen molar-refractivity contribution >= 4 is 56.8 Å². The van der Waals surface area contributed by atoms with Crippen molar-refractivity contribution in [2.24, 2.45) is 0 Å². The average Bonchev–Trinajstić information content (AvgIpc) is 3.23. The van der Waals surface area contributed by atoms with Crippen molar-refractivity contribution < 1.29 is 14.3 Å². The number of esters is 1. The molecule has 140 valence electrons. The molecule has 0 radical (unpaired) electrons. The number of rotatable bonds is 6. The fourth-order valence-electron chi connectivity index (χ4n) is 2.47. The molecule has 0 unspecified atom stereocenters. The van der Waals surface area contributed by atoms with Gasteiger partial charge >= 0.3 is 5.97 Å². The molecule has 0 atom stereocenters. The Bertz CT molecular complexity index is 1010. The minimum Gasteiger partial charge on any atom is -0.452 e. The molecule has 8 heteroatoms. The molecule has 6 nitrogen and oxygen atoms in total. The van der Waals surface area contributed by atoms with E-state index in [1.165, 1.54) is 17.4 Å². The van der Waals surface area contributed by atoms with Gasteiger partial charge in [-0.1, -0.05) is 29.8 Å². The number of thiophene rings is 1. The maximum Gasteiger partial charge on any atom is 0.331 e. The number of ether oxygens (including phenoxy) is 1. The maximum atomic E-state index is 12.0. The lowest BCUT2D eigenvalue weighted by Gasteiger charge is -2.11. The highest BCUT2D eigenvalue weighted by Gasteiger charge is 2.11. The highest BCUT2D eigenvalue weighted by molar-refractivity contribution is 7.20. The van der Waals surface area contributed by atoms with E-state index in [2.05, 4.69) is 10.4 Å². The van der Waals surface area contributed by atoms with Gasteiger partial charge in [0, 0.05) is 33.1 Å². The molecule has 0 aliphatic carbocycles. The molecule has 0 aliphatic heterocycles. The molecule has 1 N–H and O–H groups in total. The summed E-state index contributed by atoms with van der Waals surface area (Å²) in [7, 11) is 0. The Labute approximate surface area is 165 Å². The third-order valence-electron chi connectivity index (χ3n) is 3.70. The molecule has 0 saturated heterocycles. The smallest absolute Gasteiger partial charge is 0.331 e. The largest absolute Gasteiger partial charge is 0.452 e. The van der Waals surface area contributed by atoms with Crippen LogP contribution in [-0.2, 0) is 14.3 Å². The number of nitrogens with zero attached hydrogens (tertiary/aromatic N) is 2. The van der Waals surface area contributed by atoms with Crippen LogP contribution >= 0.6 is 22.9 Å². The van der Waals surface area contributed by atoms with E-state index in [9.17, 15) is 9.59 Å². The Morgan fingerprint density at radius 3 is 2.85 bits per heavy atom. The predicted molar refractivity (Wildman–Crippen MR) is 108 cm³/mol. The number of carbonyl (C=O) groups is 2. The van der Waals surface area contributed by atoms with Crippen LogP contribution in [0.25, 0.3) is 16.2 Å². The number of hydrogen-bond acceptors (Lipinski definition) is 5. The standard InChI is InChI=1S/C19H18ClN3O3S/c1-12(2)23-16(9-10-21-23)22-17(24)11-26-18(25)8-7-15-19(20)13-5-3-4-6-14(13)27-15/h3-10,12H,11H2,1-2H3,(H,22,24)/b8-7+.